The molecule has 2 aromatic rings. The third kappa shape index (κ3) is 6.69. The largest absolute Gasteiger partial charge is 0.368 e. The molecule has 0 atom stereocenters. The highest BCUT2D eigenvalue weighted by atomic mass is 19.1. The zero-order valence-corrected chi connectivity index (χ0v) is 19.7. The van der Waals surface area contributed by atoms with E-state index in [0.29, 0.717) is 44.8 Å². The summed E-state index contributed by atoms with van der Waals surface area (Å²) >= 11 is 0. The van der Waals surface area contributed by atoms with Crippen LogP contribution in [-0.4, -0.2) is 66.9 Å². The van der Waals surface area contributed by atoms with Crippen molar-refractivity contribution in [2.45, 2.75) is 26.7 Å². The van der Waals surface area contributed by atoms with Gasteiger partial charge >= 0.3 is 6.03 Å². The molecular formula is C25H32FN5O3. The Bertz CT molecular complexity index is 990. The average Bonchev–Trinajstić information content (AvgIpc) is 2.85. The van der Waals surface area contributed by atoms with Crippen LogP contribution in [0, 0.1) is 5.82 Å². The number of carbonyl (C=O) groups is 3. The number of hydrogen-bond acceptors (Lipinski definition) is 4. The molecule has 1 aliphatic heterocycles. The van der Waals surface area contributed by atoms with Gasteiger partial charge in [-0.25, -0.2) is 9.18 Å². The zero-order valence-electron chi connectivity index (χ0n) is 19.7. The van der Waals surface area contributed by atoms with Crippen molar-refractivity contribution in [2.75, 3.05) is 54.8 Å². The van der Waals surface area contributed by atoms with Crippen molar-refractivity contribution >= 4 is 34.9 Å². The highest BCUT2D eigenvalue weighted by Gasteiger charge is 2.22. The van der Waals surface area contributed by atoms with E-state index in [1.54, 1.807) is 28.9 Å². The van der Waals surface area contributed by atoms with Crippen molar-refractivity contribution in [1.82, 2.24) is 9.80 Å². The summed E-state index contributed by atoms with van der Waals surface area (Å²) in [5.74, 6) is -0.719. The van der Waals surface area contributed by atoms with Gasteiger partial charge in [-0.3, -0.25) is 9.59 Å². The van der Waals surface area contributed by atoms with Gasteiger partial charge < -0.3 is 25.3 Å². The smallest absolute Gasteiger partial charge is 0.322 e. The molecule has 1 heterocycles. The Morgan fingerprint density at radius 3 is 2.24 bits per heavy atom. The van der Waals surface area contributed by atoms with Crippen molar-refractivity contribution in [1.29, 1.82) is 0 Å². The van der Waals surface area contributed by atoms with Gasteiger partial charge in [0.1, 0.15) is 5.82 Å². The van der Waals surface area contributed by atoms with E-state index in [1.165, 1.54) is 12.1 Å². The normalized spacial score (nSPS) is 13.4. The lowest BCUT2D eigenvalue weighted by Crippen LogP contribution is -2.50. The predicted octanol–water partition coefficient (Wildman–Crippen LogP) is 3.77. The van der Waals surface area contributed by atoms with Gasteiger partial charge in [0.25, 0.3) is 0 Å². The Labute approximate surface area is 199 Å². The van der Waals surface area contributed by atoms with E-state index in [1.807, 2.05) is 31.2 Å². The summed E-state index contributed by atoms with van der Waals surface area (Å²) in [7, 11) is 0. The van der Waals surface area contributed by atoms with E-state index in [4.69, 9.17) is 0 Å². The number of nitrogens with zero attached hydrogens (tertiary/aromatic N) is 3. The molecule has 1 fully saturated rings. The van der Waals surface area contributed by atoms with Crippen molar-refractivity contribution in [2.24, 2.45) is 0 Å². The number of anilines is 3. The van der Waals surface area contributed by atoms with Crippen LogP contribution in [0.15, 0.2) is 48.5 Å². The van der Waals surface area contributed by atoms with Crippen LogP contribution in [0.2, 0.25) is 0 Å². The van der Waals surface area contributed by atoms with Crippen LogP contribution in [0.3, 0.4) is 0 Å². The molecule has 1 aliphatic rings. The minimum absolute atomic E-state index is 0.0333. The van der Waals surface area contributed by atoms with Gasteiger partial charge in [0, 0.05) is 50.5 Å². The molecule has 4 amide bonds. The maximum atomic E-state index is 13.8. The second-order valence-electron chi connectivity index (χ2n) is 8.15. The van der Waals surface area contributed by atoms with E-state index in [2.05, 4.69) is 15.5 Å². The van der Waals surface area contributed by atoms with Gasteiger partial charge in [0.15, 0.2) is 0 Å². The Kier molecular flexibility index (Phi) is 8.84. The van der Waals surface area contributed by atoms with Gasteiger partial charge in [-0.05, 0) is 42.8 Å². The number of rotatable bonds is 8. The fourth-order valence-corrected chi connectivity index (χ4v) is 3.84. The van der Waals surface area contributed by atoms with Gasteiger partial charge in [0.05, 0.1) is 12.2 Å². The number of halogens is 1. The molecule has 0 saturated carbocycles. The van der Waals surface area contributed by atoms with Crippen molar-refractivity contribution in [3.63, 3.8) is 0 Å². The molecule has 2 N–H and O–H groups in total. The summed E-state index contributed by atoms with van der Waals surface area (Å²) in [6.07, 6.45) is 1.17. The summed E-state index contributed by atoms with van der Waals surface area (Å²) in [5, 5.41) is 5.47. The molecule has 0 aromatic heterocycles. The van der Waals surface area contributed by atoms with E-state index in [0.717, 1.165) is 12.1 Å². The zero-order chi connectivity index (χ0) is 24.5. The van der Waals surface area contributed by atoms with Gasteiger partial charge in [-0.15, -0.1) is 0 Å². The molecule has 0 unspecified atom stereocenters. The third-order valence-electron chi connectivity index (χ3n) is 5.68. The third-order valence-corrected chi connectivity index (χ3v) is 5.68. The Morgan fingerprint density at radius 1 is 0.941 bits per heavy atom. The monoisotopic (exact) mass is 469 g/mol. The number of urea groups is 1. The minimum atomic E-state index is -0.461. The summed E-state index contributed by atoms with van der Waals surface area (Å²) in [4.78, 5) is 42.2. The van der Waals surface area contributed by atoms with E-state index in [9.17, 15) is 18.8 Å². The summed E-state index contributed by atoms with van der Waals surface area (Å²) in [5.41, 5.74) is 1.82. The lowest BCUT2D eigenvalue weighted by molar-refractivity contribution is -0.134. The molecule has 182 valence electrons. The summed E-state index contributed by atoms with van der Waals surface area (Å²) in [6, 6.07) is 13.3. The van der Waals surface area contributed by atoms with E-state index < -0.39 is 5.82 Å². The second-order valence-corrected chi connectivity index (χ2v) is 8.15. The number of para-hydroxylation sites is 1. The fraction of sp³-hybridized carbons (Fsp3) is 0.400. The van der Waals surface area contributed by atoms with Crippen LogP contribution in [-0.2, 0) is 9.59 Å². The first kappa shape index (κ1) is 25.0. The highest BCUT2D eigenvalue weighted by molar-refractivity contribution is 5.94. The van der Waals surface area contributed by atoms with Crippen molar-refractivity contribution < 1.29 is 18.8 Å². The van der Waals surface area contributed by atoms with Crippen LogP contribution >= 0.6 is 0 Å². The van der Waals surface area contributed by atoms with Crippen LogP contribution in [0.4, 0.5) is 26.2 Å². The first-order chi connectivity index (χ1) is 16.4. The number of nitrogens with one attached hydrogen (secondary N) is 2. The van der Waals surface area contributed by atoms with E-state index in [-0.39, 0.29) is 30.1 Å². The quantitative estimate of drug-likeness (QED) is 0.617. The molecule has 0 aliphatic carbocycles. The number of piperazine rings is 1. The number of amides is 4. The molecule has 3 rings (SSSR count). The summed E-state index contributed by atoms with van der Waals surface area (Å²) < 4.78 is 13.8. The van der Waals surface area contributed by atoms with Gasteiger partial charge in [-0.1, -0.05) is 26.0 Å². The SMILES string of the molecule is CCCN(CC(=O)Nc1ccc(N2CCN(C(=O)Nc3ccccc3F)CC2)cc1)C(=O)CC. The molecule has 2 aromatic carbocycles. The average molecular weight is 470 g/mol. The molecule has 9 heteroatoms. The Balaban J connectivity index is 1.49. The molecule has 1 saturated heterocycles. The lowest BCUT2D eigenvalue weighted by atomic mass is 10.2. The van der Waals surface area contributed by atoms with E-state index >= 15 is 0 Å². The second kappa shape index (κ2) is 12.0. The molecule has 34 heavy (non-hydrogen) atoms. The van der Waals surface area contributed by atoms with Crippen LogP contribution in [0.5, 0.6) is 0 Å². The first-order valence-corrected chi connectivity index (χ1v) is 11.6. The van der Waals surface area contributed by atoms with Crippen LogP contribution in [0.1, 0.15) is 26.7 Å². The molecule has 8 nitrogen and oxygen atoms in total. The topological polar surface area (TPSA) is 85.0 Å². The number of benzene rings is 2. The lowest BCUT2D eigenvalue weighted by Gasteiger charge is -2.36. The van der Waals surface area contributed by atoms with Crippen molar-refractivity contribution in [3.05, 3.63) is 54.3 Å². The maximum absolute atomic E-state index is 13.8. The standard InChI is InChI=1S/C25H32FN5O3/c1-3-13-31(24(33)4-2)18-23(32)27-19-9-11-20(12-10-19)29-14-16-30(17-15-29)25(34)28-22-8-6-5-7-21(22)26/h5-12H,3-4,13-18H2,1-2H3,(H,27,32)(H,28,34). The Hall–Kier alpha value is -3.62. The van der Waals surface area contributed by atoms with Crippen LogP contribution in [0.25, 0.3) is 0 Å². The fourth-order valence-electron chi connectivity index (χ4n) is 3.84. The highest BCUT2D eigenvalue weighted by Crippen LogP contribution is 2.20. The molecular weight excluding hydrogens is 437 g/mol. The maximum Gasteiger partial charge on any atom is 0.322 e. The number of hydrogen-bond donors (Lipinski definition) is 2. The Morgan fingerprint density at radius 2 is 1.62 bits per heavy atom. The first-order valence-electron chi connectivity index (χ1n) is 11.6. The number of carbonyl (C=O) groups excluding carboxylic acids is 3. The predicted molar refractivity (Wildman–Crippen MR) is 131 cm³/mol. The minimum Gasteiger partial charge on any atom is -0.368 e. The van der Waals surface area contributed by atoms with Gasteiger partial charge in [0.2, 0.25) is 11.8 Å². The molecule has 0 bridgehead atoms. The molecule has 0 spiro atoms. The van der Waals surface area contributed by atoms with Crippen LogP contribution < -0.4 is 15.5 Å². The van der Waals surface area contributed by atoms with Crippen molar-refractivity contribution in [3.8, 4) is 0 Å². The van der Waals surface area contributed by atoms with Gasteiger partial charge in [-0.2, -0.15) is 0 Å². The molecule has 0 radical (unpaired) electrons. The summed E-state index contributed by atoms with van der Waals surface area (Å²) in [6.45, 7) is 6.67.